The fourth-order valence-electron chi connectivity index (χ4n) is 2.54. The van der Waals surface area contributed by atoms with Crippen LogP contribution in [0, 0.1) is 5.92 Å². The number of benzene rings is 1. The average Bonchev–Trinajstić information content (AvgIpc) is 2.38. The van der Waals surface area contributed by atoms with Crippen molar-refractivity contribution < 1.29 is 4.74 Å². The number of piperidine rings is 1. The van der Waals surface area contributed by atoms with Gasteiger partial charge in [-0.15, -0.1) is 0 Å². The van der Waals surface area contributed by atoms with Gasteiger partial charge in [0.1, 0.15) is 5.75 Å². The number of hydrogen-bond donors (Lipinski definition) is 1. The van der Waals surface area contributed by atoms with Crippen LogP contribution in [0.25, 0.3) is 0 Å². The molecule has 1 aromatic carbocycles. The Kier molecular flexibility index (Phi) is 4.43. The van der Waals surface area contributed by atoms with Crippen molar-refractivity contribution in [2.24, 2.45) is 5.92 Å². The van der Waals surface area contributed by atoms with Crippen molar-refractivity contribution in [1.29, 1.82) is 0 Å². The molecule has 1 heterocycles. The van der Waals surface area contributed by atoms with Crippen molar-refractivity contribution >= 4 is 0 Å². The van der Waals surface area contributed by atoms with Gasteiger partial charge in [-0.1, -0.05) is 26.0 Å². The Morgan fingerprint density at radius 2 is 2.06 bits per heavy atom. The molecule has 1 aromatic rings. The molecule has 94 valence electrons. The third-order valence-corrected chi connectivity index (χ3v) is 3.57. The molecule has 0 saturated carbocycles. The maximum atomic E-state index is 5.61. The third-order valence-electron chi connectivity index (χ3n) is 3.57. The summed E-state index contributed by atoms with van der Waals surface area (Å²) in [6.45, 7) is 7.55. The van der Waals surface area contributed by atoms with Crippen molar-refractivity contribution in [3.05, 3.63) is 29.8 Å². The molecule has 1 saturated heterocycles. The zero-order valence-electron chi connectivity index (χ0n) is 10.9. The minimum atomic E-state index is 0.705. The van der Waals surface area contributed by atoms with Gasteiger partial charge in [0.2, 0.25) is 0 Å². The fraction of sp³-hybridized carbons (Fsp3) is 0.600. The summed E-state index contributed by atoms with van der Waals surface area (Å²) < 4.78 is 5.61. The summed E-state index contributed by atoms with van der Waals surface area (Å²) in [6.07, 6.45) is 2.31. The molecule has 0 aromatic heterocycles. The standard InChI is InChI=1S/C15H23NO/c1-3-10-17-14-6-4-13(5-7-14)15-8-9-16-11-12(15)2/h4-7,12,15-16H,3,8-11H2,1-2H3. The van der Waals surface area contributed by atoms with Gasteiger partial charge in [-0.05, 0) is 55.5 Å². The Balaban J connectivity index is 2.01. The van der Waals surface area contributed by atoms with E-state index < -0.39 is 0 Å². The summed E-state index contributed by atoms with van der Waals surface area (Å²) >= 11 is 0. The number of rotatable bonds is 4. The van der Waals surface area contributed by atoms with Gasteiger partial charge in [-0.25, -0.2) is 0 Å². The van der Waals surface area contributed by atoms with E-state index in [9.17, 15) is 0 Å². The van der Waals surface area contributed by atoms with Gasteiger partial charge in [0.05, 0.1) is 6.61 Å². The first kappa shape index (κ1) is 12.4. The van der Waals surface area contributed by atoms with Crippen molar-refractivity contribution in [2.45, 2.75) is 32.6 Å². The molecule has 1 fully saturated rings. The lowest BCUT2D eigenvalue weighted by molar-refractivity contribution is 0.316. The molecule has 2 rings (SSSR count). The lowest BCUT2D eigenvalue weighted by Gasteiger charge is -2.30. The van der Waals surface area contributed by atoms with E-state index in [1.165, 1.54) is 12.0 Å². The van der Waals surface area contributed by atoms with Crippen molar-refractivity contribution in [3.8, 4) is 5.75 Å². The minimum absolute atomic E-state index is 0.705. The maximum absolute atomic E-state index is 5.61. The van der Waals surface area contributed by atoms with Gasteiger partial charge in [0.15, 0.2) is 0 Å². The highest BCUT2D eigenvalue weighted by Crippen LogP contribution is 2.30. The summed E-state index contributed by atoms with van der Waals surface area (Å²) in [5.41, 5.74) is 1.46. The quantitative estimate of drug-likeness (QED) is 0.862. The van der Waals surface area contributed by atoms with Crippen LogP contribution in [0.2, 0.25) is 0 Å². The van der Waals surface area contributed by atoms with E-state index >= 15 is 0 Å². The Labute approximate surface area is 104 Å². The van der Waals surface area contributed by atoms with Gasteiger partial charge in [-0.3, -0.25) is 0 Å². The fourth-order valence-corrected chi connectivity index (χ4v) is 2.54. The van der Waals surface area contributed by atoms with Crippen LogP contribution in [0.4, 0.5) is 0 Å². The second-order valence-electron chi connectivity index (χ2n) is 4.99. The highest BCUT2D eigenvalue weighted by atomic mass is 16.5. The molecule has 17 heavy (non-hydrogen) atoms. The zero-order valence-corrected chi connectivity index (χ0v) is 10.9. The van der Waals surface area contributed by atoms with Gasteiger partial charge in [0, 0.05) is 0 Å². The minimum Gasteiger partial charge on any atom is -0.494 e. The molecule has 1 aliphatic rings. The Bertz CT molecular complexity index is 333. The van der Waals surface area contributed by atoms with Crippen LogP contribution in [-0.4, -0.2) is 19.7 Å². The van der Waals surface area contributed by atoms with Crippen LogP contribution >= 0.6 is 0 Å². The van der Waals surface area contributed by atoms with E-state index in [2.05, 4.69) is 43.4 Å². The average molecular weight is 233 g/mol. The highest BCUT2D eigenvalue weighted by Gasteiger charge is 2.22. The van der Waals surface area contributed by atoms with E-state index in [1.807, 2.05) is 0 Å². The lowest BCUT2D eigenvalue weighted by Crippen LogP contribution is -2.33. The first-order chi connectivity index (χ1) is 8.31. The largest absolute Gasteiger partial charge is 0.494 e. The van der Waals surface area contributed by atoms with E-state index in [4.69, 9.17) is 4.74 Å². The Hall–Kier alpha value is -1.02. The first-order valence-corrected chi connectivity index (χ1v) is 6.74. The molecular formula is C15H23NO. The van der Waals surface area contributed by atoms with Gasteiger partial charge in [0.25, 0.3) is 0 Å². The normalized spacial score (nSPS) is 24.6. The summed E-state index contributed by atoms with van der Waals surface area (Å²) in [7, 11) is 0. The van der Waals surface area contributed by atoms with Crippen LogP contribution < -0.4 is 10.1 Å². The number of hydrogen-bond acceptors (Lipinski definition) is 2. The molecule has 2 heteroatoms. The molecule has 0 bridgehead atoms. The smallest absolute Gasteiger partial charge is 0.119 e. The van der Waals surface area contributed by atoms with Gasteiger partial charge < -0.3 is 10.1 Å². The highest BCUT2D eigenvalue weighted by molar-refractivity contribution is 5.30. The monoisotopic (exact) mass is 233 g/mol. The van der Waals surface area contributed by atoms with Crippen molar-refractivity contribution in [2.75, 3.05) is 19.7 Å². The molecule has 1 aliphatic heterocycles. The predicted octanol–water partition coefficient (Wildman–Crippen LogP) is 3.19. The Morgan fingerprint density at radius 3 is 2.71 bits per heavy atom. The molecular weight excluding hydrogens is 210 g/mol. The predicted molar refractivity (Wildman–Crippen MR) is 71.6 cm³/mol. The lowest BCUT2D eigenvalue weighted by atomic mass is 9.82. The SMILES string of the molecule is CCCOc1ccc(C2CCNCC2C)cc1. The number of nitrogens with one attached hydrogen (secondary N) is 1. The van der Waals surface area contributed by atoms with E-state index in [0.717, 1.165) is 37.8 Å². The second kappa shape index (κ2) is 6.06. The van der Waals surface area contributed by atoms with Crippen molar-refractivity contribution in [1.82, 2.24) is 5.32 Å². The molecule has 2 atom stereocenters. The summed E-state index contributed by atoms with van der Waals surface area (Å²) in [4.78, 5) is 0. The maximum Gasteiger partial charge on any atom is 0.119 e. The van der Waals surface area contributed by atoms with E-state index in [-0.39, 0.29) is 0 Å². The first-order valence-electron chi connectivity index (χ1n) is 6.74. The van der Waals surface area contributed by atoms with Crippen LogP contribution in [0.1, 0.15) is 38.2 Å². The molecule has 0 amide bonds. The molecule has 0 radical (unpaired) electrons. The second-order valence-corrected chi connectivity index (χ2v) is 4.99. The molecule has 2 unspecified atom stereocenters. The van der Waals surface area contributed by atoms with Crippen LogP contribution in [-0.2, 0) is 0 Å². The summed E-state index contributed by atoms with van der Waals surface area (Å²) in [5.74, 6) is 2.43. The van der Waals surface area contributed by atoms with E-state index in [1.54, 1.807) is 0 Å². The zero-order chi connectivity index (χ0) is 12.1. The van der Waals surface area contributed by atoms with Crippen LogP contribution in [0.15, 0.2) is 24.3 Å². The van der Waals surface area contributed by atoms with Gasteiger partial charge in [-0.2, -0.15) is 0 Å². The molecule has 0 spiro atoms. The topological polar surface area (TPSA) is 21.3 Å². The van der Waals surface area contributed by atoms with Crippen LogP contribution in [0.5, 0.6) is 5.75 Å². The summed E-state index contributed by atoms with van der Waals surface area (Å²) in [6, 6.07) is 8.69. The number of ether oxygens (including phenoxy) is 1. The molecule has 2 nitrogen and oxygen atoms in total. The Morgan fingerprint density at radius 1 is 1.29 bits per heavy atom. The summed E-state index contributed by atoms with van der Waals surface area (Å²) in [5, 5.41) is 3.45. The van der Waals surface area contributed by atoms with E-state index in [0.29, 0.717) is 5.92 Å². The third kappa shape index (κ3) is 3.22. The molecule has 1 N–H and O–H groups in total. The molecule has 0 aliphatic carbocycles. The van der Waals surface area contributed by atoms with Gasteiger partial charge >= 0.3 is 0 Å². The van der Waals surface area contributed by atoms with Crippen molar-refractivity contribution in [3.63, 3.8) is 0 Å². The van der Waals surface area contributed by atoms with Crippen LogP contribution in [0.3, 0.4) is 0 Å².